The highest BCUT2D eigenvalue weighted by molar-refractivity contribution is 7.93. The molecule has 0 saturated carbocycles. The average molecular weight is 459 g/mol. The van der Waals surface area contributed by atoms with Gasteiger partial charge in [-0.25, -0.2) is 17.8 Å². The summed E-state index contributed by atoms with van der Waals surface area (Å²) in [4.78, 5) is 5.26. The Labute approximate surface area is 175 Å². The highest BCUT2D eigenvalue weighted by Gasteiger charge is 2.25. The van der Waals surface area contributed by atoms with Crippen LogP contribution in [0.15, 0.2) is 41.6 Å². The second-order valence-electron chi connectivity index (χ2n) is 6.17. The van der Waals surface area contributed by atoms with Gasteiger partial charge in [0, 0.05) is 40.4 Å². The fourth-order valence-electron chi connectivity index (χ4n) is 3.09. The summed E-state index contributed by atoms with van der Waals surface area (Å²) < 4.78 is 45.4. The van der Waals surface area contributed by atoms with Crippen molar-refractivity contribution in [3.8, 4) is 0 Å². The summed E-state index contributed by atoms with van der Waals surface area (Å²) in [7, 11) is -4.16. The molecule has 11 heteroatoms. The van der Waals surface area contributed by atoms with Gasteiger partial charge in [-0.15, -0.1) is 0 Å². The van der Waals surface area contributed by atoms with E-state index >= 15 is 0 Å². The van der Waals surface area contributed by atoms with Crippen molar-refractivity contribution in [2.24, 2.45) is 0 Å². The van der Waals surface area contributed by atoms with Gasteiger partial charge in [-0.3, -0.25) is 4.72 Å². The minimum atomic E-state index is -4.16. The summed E-state index contributed by atoms with van der Waals surface area (Å²) in [6.45, 7) is 1.10. The maximum absolute atomic E-state index is 14.6. The lowest BCUT2D eigenvalue weighted by molar-refractivity contribution is 0.568. The first-order chi connectivity index (χ1) is 13.3. The molecule has 0 amide bonds. The van der Waals surface area contributed by atoms with E-state index in [9.17, 15) is 12.8 Å². The predicted molar refractivity (Wildman–Crippen MR) is 108 cm³/mol. The minimum Gasteiger partial charge on any atom is -0.367 e. The van der Waals surface area contributed by atoms with Crippen molar-refractivity contribution in [2.75, 3.05) is 16.2 Å². The molecule has 28 heavy (non-hydrogen) atoms. The molecular formula is C17H13Cl2FN4O2S2. The molecule has 2 heterocycles. The van der Waals surface area contributed by atoms with E-state index in [-0.39, 0.29) is 10.2 Å². The Bertz CT molecular complexity index is 1140. The van der Waals surface area contributed by atoms with Crippen LogP contribution in [0.4, 0.5) is 15.2 Å². The zero-order valence-corrected chi connectivity index (χ0v) is 17.3. The number of anilines is 2. The smallest absolute Gasteiger partial charge is 0.266 e. The molecule has 0 unspecified atom stereocenters. The van der Waals surface area contributed by atoms with Crippen molar-refractivity contribution in [3.63, 3.8) is 0 Å². The highest BCUT2D eigenvalue weighted by atomic mass is 35.5. The van der Waals surface area contributed by atoms with Gasteiger partial charge in [0.25, 0.3) is 10.0 Å². The van der Waals surface area contributed by atoms with Crippen LogP contribution in [-0.2, 0) is 23.0 Å². The molecule has 1 N–H and O–H groups in total. The quantitative estimate of drug-likeness (QED) is 0.614. The van der Waals surface area contributed by atoms with E-state index in [1.807, 2.05) is 12.1 Å². The van der Waals surface area contributed by atoms with Gasteiger partial charge in [0.2, 0.25) is 5.13 Å². The van der Waals surface area contributed by atoms with Gasteiger partial charge in [0.05, 0.1) is 0 Å². The van der Waals surface area contributed by atoms with Crippen LogP contribution in [0.25, 0.3) is 0 Å². The monoisotopic (exact) mass is 458 g/mol. The van der Waals surface area contributed by atoms with Crippen LogP contribution in [0.1, 0.15) is 11.1 Å². The molecule has 0 atom stereocenters. The Morgan fingerprint density at radius 2 is 2.07 bits per heavy atom. The van der Waals surface area contributed by atoms with Crippen molar-refractivity contribution in [1.82, 2.24) is 9.36 Å². The average Bonchev–Trinajstić information content (AvgIpc) is 3.27. The third-order valence-corrected chi connectivity index (χ3v) is 7.02. The van der Waals surface area contributed by atoms with Crippen LogP contribution in [0.5, 0.6) is 0 Å². The van der Waals surface area contributed by atoms with Gasteiger partial charge >= 0.3 is 0 Å². The number of sulfonamides is 1. The van der Waals surface area contributed by atoms with E-state index in [1.165, 1.54) is 6.33 Å². The lowest BCUT2D eigenvalue weighted by Crippen LogP contribution is -2.20. The first kappa shape index (κ1) is 19.4. The predicted octanol–water partition coefficient (Wildman–Crippen LogP) is 4.35. The summed E-state index contributed by atoms with van der Waals surface area (Å²) >= 11 is 13.2. The van der Waals surface area contributed by atoms with Crippen LogP contribution >= 0.6 is 34.7 Å². The minimum absolute atomic E-state index is 0.0481. The third kappa shape index (κ3) is 3.80. The number of aromatic nitrogens is 2. The zero-order chi connectivity index (χ0) is 19.9. The number of nitrogens with zero attached hydrogens (tertiary/aromatic N) is 3. The van der Waals surface area contributed by atoms with Crippen LogP contribution < -0.4 is 9.62 Å². The molecule has 0 bridgehead atoms. The van der Waals surface area contributed by atoms with E-state index in [0.717, 1.165) is 47.9 Å². The number of fused-ring (bicyclic) bond motifs is 1. The Balaban J connectivity index is 1.60. The first-order valence-electron chi connectivity index (χ1n) is 8.14. The van der Waals surface area contributed by atoms with E-state index in [2.05, 4.69) is 19.0 Å². The molecule has 0 saturated heterocycles. The standard InChI is InChI=1S/C17H13Cl2FN4O2S2/c18-12-1-2-15-10(5-12)3-4-24(15)8-11-6-14(20)16(7-13(11)19)28(25,26)23-17-21-9-22-27-17/h1-2,5-7,9H,3-4,8H2,(H,21,22,23). The van der Waals surface area contributed by atoms with E-state index < -0.39 is 20.7 Å². The van der Waals surface area contributed by atoms with Gasteiger partial charge < -0.3 is 4.90 Å². The Kier molecular flexibility index (Phi) is 5.17. The van der Waals surface area contributed by atoms with Gasteiger partial charge in [-0.05, 0) is 47.9 Å². The second kappa shape index (κ2) is 7.47. The van der Waals surface area contributed by atoms with E-state index in [4.69, 9.17) is 23.2 Å². The molecule has 2 aromatic carbocycles. The van der Waals surface area contributed by atoms with Crippen molar-refractivity contribution >= 4 is 55.6 Å². The maximum Gasteiger partial charge on any atom is 0.266 e. The summed E-state index contributed by atoms with van der Waals surface area (Å²) in [5, 5.41) is 0.885. The fraction of sp³-hybridized carbons (Fsp3) is 0.176. The lowest BCUT2D eigenvalue weighted by atomic mass is 10.1. The first-order valence-corrected chi connectivity index (χ1v) is 11.2. The number of nitrogens with one attached hydrogen (secondary N) is 1. The van der Waals surface area contributed by atoms with Gasteiger partial charge in [-0.1, -0.05) is 23.2 Å². The van der Waals surface area contributed by atoms with Crippen molar-refractivity contribution in [3.05, 3.63) is 63.6 Å². The van der Waals surface area contributed by atoms with Gasteiger partial charge in [0.15, 0.2) is 0 Å². The molecule has 0 radical (unpaired) electrons. The molecule has 0 fully saturated rings. The summed E-state index contributed by atoms with van der Waals surface area (Å²) in [6.07, 6.45) is 2.03. The third-order valence-electron chi connectivity index (χ3n) is 4.37. The highest BCUT2D eigenvalue weighted by Crippen LogP contribution is 2.33. The van der Waals surface area contributed by atoms with Gasteiger partial charge in [0.1, 0.15) is 17.0 Å². The zero-order valence-electron chi connectivity index (χ0n) is 14.2. The second-order valence-corrected chi connectivity index (χ2v) is 9.45. The number of rotatable bonds is 5. The molecule has 6 nitrogen and oxygen atoms in total. The van der Waals surface area contributed by atoms with Crippen molar-refractivity contribution < 1.29 is 12.8 Å². The fourth-order valence-corrected chi connectivity index (χ4v) is 5.32. The number of benzene rings is 2. The summed E-state index contributed by atoms with van der Waals surface area (Å²) in [6, 6.07) is 7.91. The molecule has 3 aromatic rings. The summed E-state index contributed by atoms with van der Waals surface area (Å²) in [5.74, 6) is -0.882. The maximum atomic E-state index is 14.6. The van der Waals surface area contributed by atoms with Crippen molar-refractivity contribution in [2.45, 2.75) is 17.9 Å². The topological polar surface area (TPSA) is 75.2 Å². The molecular weight excluding hydrogens is 446 g/mol. The molecule has 0 aliphatic carbocycles. The van der Waals surface area contributed by atoms with Crippen LogP contribution in [-0.4, -0.2) is 24.3 Å². The van der Waals surface area contributed by atoms with Crippen LogP contribution in [0.3, 0.4) is 0 Å². The van der Waals surface area contributed by atoms with E-state index in [1.54, 1.807) is 6.07 Å². The van der Waals surface area contributed by atoms with Crippen LogP contribution in [0, 0.1) is 5.82 Å². The number of hydrogen-bond donors (Lipinski definition) is 1. The number of halogens is 3. The van der Waals surface area contributed by atoms with Crippen LogP contribution in [0.2, 0.25) is 10.0 Å². The molecule has 1 aliphatic rings. The molecule has 4 rings (SSSR count). The Morgan fingerprint density at radius 3 is 2.82 bits per heavy atom. The van der Waals surface area contributed by atoms with Gasteiger partial charge in [-0.2, -0.15) is 4.37 Å². The molecule has 146 valence electrons. The molecule has 1 aliphatic heterocycles. The molecule has 0 spiro atoms. The lowest BCUT2D eigenvalue weighted by Gasteiger charge is -2.21. The largest absolute Gasteiger partial charge is 0.367 e. The summed E-state index contributed by atoms with van der Waals surface area (Å²) in [5.41, 5.74) is 2.62. The Hall–Kier alpha value is -1.94. The van der Waals surface area contributed by atoms with Crippen molar-refractivity contribution in [1.29, 1.82) is 0 Å². The van der Waals surface area contributed by atoms with E-state index in [0.29, 0.717) is 17.1 Å². The number of hydrogen-bond acceptors (Lipinski definition) is 6. The SMILES string of the molecule is O=S(=O)(Nc1ncns1)c1cc(Cl)c(CN2CCc3cc(Cl)ccc32)cc1F. The Morgan fingerprint density at radius 1 is 1.25 bits per heavy atom. The normalized spacial score (nSPS) is 13.6. The molecule has 1 aromatic heterocycles.